The van der Waals surface area contributed by atoms with Gasteiger partial charge >= 0.3 is 0 Å². The van der Waals surface area contributed by atoms with Crippen LogP contribution in [0.4, 0.5) is 16.0 Å². The normalized spacial score (nSPS) is 14.7. The second kappa shape index (κ2) is 13.8. The quantitative estimate of drug-likeness (QED) is 0.194. The molecule has 38 heavy (non-hydrogen) atoms. The molecule has 0 atom stereocenters. The summed E-state index contributed by atoms with van der Waals surface area (Å²) in [5.74, 6) is 0.372. The molecule has 200 valence electrons. The highest BCUT2D eigenvalue weighted by Crippen LogP contribution is 2.33. The van der Waals surface area contributed by atoms with Gasteiger partial charge in [0.15, 0.2) is 0 Å². The molecule has 0 aliphatic heterocycles. The van der Waals surface area contributed by atoms with Gasteiger partial charge in [0.2, 0.25) is 5.95 Å². The molecule has 1 aliphatic rings. The zero-order valence-electron chi connectivity index (χ0n) is 22.4. The third-order valence-corrected chi connectivity index (χ3v) is 8.13. The minimum atomic E-state index is -0.312. The number of hydrogen-bond donors (Lipinski definition) is 2. The van der Waals surface area contributed by atoms with Gasteiger partial charge in [-0.25, -0.2) is 14.4 Å². The molecule has 1 fully saturated rings. The van der Waals surface area contributed by atoms with Gasteiger partial charge in [-0.3, -0.25) is 0 Å². The monoisotopic (exact) mass is 550 g/mol. The van der Waals surface area contributed by atoms with Crippen molar-refractivity contribution in [3.8, 4) is 0 Å². The van der Waals surface area contributed by atoms with Gasteiger partial charge in [0.25, 0.3) is 0 Å². The van der Waals surface area contributed by atoms with Gasteiger partial charge in [-0.2, -0.15) is 0 Å². The highest BCUT2D eigenvalue weighted by molar-refractivity contribution is 8.00. The third-order valence-electron chi connectivity index (χ3n) is 6.79. The van der Waals surface area contributed by atoms with Crippen molar-refractivity contribution in [2.45, 2.75) is 76.7 Å². The van der Waals surface area contributed by atoms with E-state index >= 15 is 4.39 Å². The van der Waals surface area contributed by atoms with Crippen LogP contribution in [0, 0.1) is 12.7 Å². The van der Waals surface area contributed by atoms with Crippen LogP contribution in [0.5, 0.6) is 0 Å². The van der Waals surface area contributed by atoms with Crippen LogP contribution in [-0.2, 0) is 6.42 Å². The van der Waals surface area contributed by atoms with Crippen LogP contribution in [0.25, 0.3) is 11.6 Å². The summed E-state index contributed by atoms with van der Waals surface area (Å²) in [4.78, 5) is 10.2. The summed E-state index contributed by atoms with van der Waals surface area (Å²) in [5, 5.41) is 4.13. The summed E-state index contributed by atoms with van der Waals surface area (Å²) in [6.45, 7) is 6.18. The Morgan fingerprint density at radius 3 is 2.66 bits per heavy atom. The zero-order valence-corrected chi connectivity index (χ0v) is 23.9. The molecule has 0 radical (unpaired) electrons. The fourth-order valence-corrected chi connectivity index (χ4v) is 5.58. The van der Waals surface area contributed by atoms with E-state index < -0.39 is 0 Å². The Kier molecular flexibility index (Phi) is 10.2. The van der Waals surface area contributed by atoms with Crippen molar-refractivity contribution in [1.82, 2.24) is 9.97 Å². The molecule has 4 rings (SSSR count). The van der Waals surface area contributed by atoms with Gasteiger partial charge < -0.3 is 10.0 Å². The maximum Gasteiger partial charge on any atom is 0.223 e. The van der Waals surface area contributed by atoms with Crippen LogP contribution in [-0.4, -0.2) is 16.0 Å². The van der Waals surface area contributed by atoms with Crippen molar-refractivity contribution in [1.29, 1.82) is 0 Å². The molecule has 7 heteroatoms. The number of aryl methyl sites for hydroxylation is 2. The van der Waals surface area contributed by atoms with Crippen molar-refractivity contribution >= 4 is 46.8 Å². The van der Waals surface area contributed by atoms with Gasteiger partial charge in [0.05, 0.1) is 16.4 Å². The molecule has 3 aromatic rings. The molecule has 0 saturated heterocycles. The molecule has 1 heterocycles. The van der Waals surface area contributed by atoms with Gasteiger partial charge in [-0.05, 0) is 91.6 Å². The van der Waals surface area contributed by atoms with Crippen molar-refractivity contribution < 1.29 is 4.39 Å². The number of nitrogens with zero attached hydrogens (tertiary/aromatic N) is 2. The molecular weight excluding hydrogens is 515 g/mol. The smallest absolute Gasteiger partial charge is 0.223 e. The Morgan fingerprint density at radius 2 is 1.95 bits per heavy atom. The largest absolute Gasteiger partial charge is 0.351 e. The van der Waals surface area contributed by atoms with E-state index in [1.807, 2.05) is 43.5 Å². The molecule has 1 aromatic heterocycles. The van der Waals surface area contributed by atoms with E-state index in [2.05, 4.69) is 47.1 Å². The number of aromatic nitrogens is 2. The summed E-state index contributed by atoms with van der Waals surface area (Å²) in [7, 11) is 0. The Morgan fingerprint density at radius 1 is 1.16 bits per heavy atom. The lowest BCUT2D eigenvalue weighted by molar-refractivity contribution is 0.460. The van der Waals surface area contributed by atoms with E-state index in [4.69, 9.17) is 16.6 Å². The minimum absolute atomic E-state index is 0.312. The van der Waals surface area contributed by atoms with Crippen LogP contribution < -0.4 is 10.0 Å². The molecule has 1 aliphatic carbocycles. The molecular formula is C31H36ClFN4S. The first-order valence-electron chi connectivity index (χ1n) is 13.5. The van der Waals surface area contributed by atoms with E-state index in [0.29, 0.717) is 22.7 Å². The van der Waals surface area contributed by atoms with Crippen LogP contribution in [0.3, 0.4) is 0 Å². The molecule has 0 spiro atoms. The van der Waals surface area contributed by atoms with E-state index in [-0.39, 0.29) is 5.82 Å². The Hall–Kier alpha value is -2.83. The van der Waals surface area contributed by atoms with Crippen molar-refractivity contribution in [2.75, 3.05) is 10.0 Å². The van der Waals surface area contributed by atoms with Gasteiger partial charge in [0, 0.05) is 22.7 Å². The Labute approximate surface area is 235 Å². The standard InChI is InChI=1S/C31H36ClFN4S/c1-4-6-12-23(17-24-20-34-31(35-21(24)3)36-25-13-8-7-9-14-25)26-19-28(33)29(18-22(26)5-2)37-38-30-16-11-10-15-27(30)32/h6,10-12,15-20,25,37H,4-5,7-9,13-14H2,1-3H3,(H,34,35,36)/b12-6+,23-17+. The summed E-state index contributed by atoms with van der Waals surface area (Å²) in [6, 6.07) is 11.5. The number of benzene rings is 2. The van der Waals surface area contributed by atoms with Gasteiger partial charge in [-0.1, -0.05) is 69.0 Å². The highest BCUT2D eigenvalue weighted by Gasteiger charge is 2.16. The topological polar surface area (TPSA) is 49.8 Å². The molecule has 0 amide bonds. The average Bonchev–Trinajstić information content (AvgIpc) is 2.92. The first-order valence-corrected chi connectivity index (χ1v) is 14.7. The Balaban J connectivity index is 1.61. The Bertz CT molecular complexity index is 1300. The molecule has 2 aromatic carbocycles. The van der Waals surface area contributed by atoms with E-state index in [9.17, 15) is 0 Å². The minimum Gasteiger partial charge on any atom is -0.351 e. The second-order valence-electron chi connectivity index (χ2n) is 9.60. The fourth-order valence-electron chi connectivity index (χ4n) is 4.64. The number of halogens is 2. The van der Waals surface area contributed by atoms with Crippen LogP contribution in [0.2, 0.25) is 5.02 Å². The summed E-state index contributed by atoms with van der Waals surface area (Å²) in [5.41, 5.74) is 5.11. The number of nitrogens with one attached hydrogen (secondary N) is 2. The lowest BCUT2D eigenvalue weighted by Crippen LogP contribution is -2.23. The summed E-state index contributed by atoms with van der Waals surface area (Å²) < 4.78 is 18.5. The molecule has 4 nitrogen and oxygen atoms in total. The lowest BCUT2D eigenvalue weighted by Gasteiger charge is -2.22. The number of allylic oxidation sites excluding steroid dienone is 3. The molecule has 0 unspecified atom stereocenters. The average molecular weight is 551 g/mol. The third kappa shape index (κ3) is 7.39. The number of hydrogen-bond acceptors (Lipinski definition) is 5. The lowest BCUT2D eigenvalue weighted by atomic mass is 9.95. The first-order chi connectivity index (χ1) is 18.5. The number of anilines is 2. The van der Waals surface area contributed by atoms with Crippen molar-refractivity contribution in [3.63, 3.8) is 0 Å². The van der Waals surface area contributed by atoms with Gasteiger partial charge in [-0.15, -0.1) is 0 Å². The van der Waals surface area contributed by atoms with Gasteiger partial charge in [0.1, 0.15) is 5.82 Å². The second-order valence-corrected chi connectivity index (χ2v) is 10.9. The highest BCUT2D eigenvalue weighted by atomic mass is 35.5. The van der Waals surface area contributed by atoms with Crippen molar-refractivity contribution in [3.05, 3.63) is 88.0 Å². The zero-order chi connectivity index (χ0) is 26.9. The molecule has 1 saturated carbocycles. The number of rotatable bonds is 10. The summed E-state index contributed by atoms with van der Waals surface area (Å²) >= 11 is 7.58. The fraction of sp³-hybridized carbons (Fsp3) is 0.355. The maximum atomic E-state index is 15.4. The van der Waals surface area contributed by atoms with E-state index in [1.54, 1.807) is 6.07 Å². The molecule has 0 bridgehead atoms. The van der Waals surface area contributed by atoms with Crippen LogP contribution in [0.15, 0.2) is 59.6 Å². The van der Waals surface area contributed by atoms with E-state index in [0.717, 1.165) is 45.7 Å². The maximum absolute atomic E-state index is 15.4. The predicted octanol–water partition coefficient (Wildman–Crippen LogP) is 9.51. The summed E-state index contributed by atoms with van der Waals surface area (Å²) in [6.07, 6.45) is 15.9. The molecule has 2 N–H and O–H groups in total. The van der Waals surface area contributed by atoms with Crippen LogP contribution in [0.1, 0.15) is 74.8 Å². The first kappa shape index (κ1) is 28.2. The SMILES string of the molecule is CC/C=C/C(=C\c1cnc(NC2CCCCC2)nc1C)c1cc(F)c(NSc2ccccc2Cl)cc1CC. The van der Waals surface area contributed by atoms with Crippen molar-refractivity contribution in [2.24, 2.45) is 0 Å². The van der Waals surface area contributed by atoms with E-state index in [1.165, 1.54) is 44.1 Å². The van der Waals surface area contributed by atoms with Crippen LogP contribution >= 0.6 is 23.5 Å². The predicted molar refractivity (Wildman–Crippen MR) is 161 cm³/mol.